The maximum absolute atomic E-state index is 12.5. The maximum atomic E-state index is 12.5. The van der Waals surface area contributed by atoms with E-state index in [4.69, 9.17) is 0 Å². The minimum absolute atomic E-state index is 0. The third kappa shape index (κ3) is 4.33. The minimum atomic E-state index is -0.132. The van der Waals surface area contributed by atoms with Gasteiger partial charge in [-0.25, -0.2) is 0 Å². The van der Waals surface area contributed by atoms with Crippen molar-refractivity contribution in [3.63, 3.8) is 0 Å². The fourth-order valence-electron chi connectivity index (χ4n) is 3.29. The van der Waals surface area contributed by atoms with E-state index in [1.807, 2.05) is 9.80 Å². The fourth-order valence-corrected chi connectivity index (χ4v) is 3.29. The highest BCUT2D eigenvalue weighted by atomic mass is 35.5. The Hall–Kier alpha value is -0.810. The van der Waals surface area contributed by atoms with Crippen LogP contribution in [0, 0.1) is 5.92 Å². The SMILES string of the molecule is CCCC(C)N1CC(C(=O)N2CCNC(C)C2)CC1=O.Cl. The molecule has 2 aliphatic heterocycles. The summed E-state index contributed by atoms with van der Waals surface area (Å²) in [5, 5.41) is 3.34. The molecule has 6 heteroatoms. The summed E-state index contributed by atoms with van der Waals surface area (Å²) >= 11 is 0. The molecule has 3 unspecified atom stereocenters. The lowest BCUT2D eigenvalue weighted by Gasteiger charge is -2.33. The van der Waals surface area contributed by atoms with Gasteiger partial charge in [-0.15, -0.1) is 12.4 Å². The zero-order valence-electron chi connectivity index (χ0n) is 13.3. The molecule has 21 heavy (non-hydrogen) atoms. The van der Waals surface area contributed by atoms with Crippen molar-refractivity contribution >= 4 is 24.2 Å². The van der Waals surface area contributed by atoms with Gasteiger partial charge in [-0.3, -0.25) is 9.59 Å². The summed E-state index contributed by atoms with van der Waals surface area (Å²) in [5.74, 6) is 0.178. The van der Waals surface area contributed by atoms with Crippen LogP contribution in [0.25, 0.3) is 0 Å². The monoisotopic (exact) mass is 317 g/mol. The zero-order chi connectivity index (χ0) is 14.7. The molecule has 122 valence electrons. The second kappa shape index (κ2) is 7.99. The molecule has 0 radical (unpaired) electrons. The number of hydrogen-bond acceptors (Lipinski definition) is 3. The van der Waals surface area contributed by atoms with Crippen molar-refractivity contribution in [3.05, 3.63) is 0 Å². The van der Waals surface area contributed by atoms with Crippen molar-refractivity contribution in [2.24, 2.45) is 5.92 Å². The van der Waals surface area contributed by atoms with Gasteiger partial charge in [0.2, 0.25) is 11.8 Å². The van der Waals surface area contributed by atoms with Crippen LogP contribution < -0.4 is 5.32 Å². The summed E-state index contributed by atoms with van der Waals surface area (Å²) in [5.41, 5.74) is 0. The number of piperazine rings is 1. The lowest BCUT2D eigenvalue weighted by Crippen LogP contribution is -2.53. The highest BCUT2D eigenvalue weighted by molar-refractivity contribution is 5.89. The number of amides is 2. The molecule has 0 aromatic heterocycles. The predicted molar refractivity (Wildman–Crippen MR) is 85.5 cm³/mol. The summed E-state index contributed by atoms with van der Waals surface area (Å²) in [6.07, 6.45) is 2.47. The molecule has 1 N–H and O–H groups in total. The molecule has 0 aromatic carbocycles. The van der Waals surface area contributed by atoms with Crippen LogP contribution in [0.2, 0.25) is 0 Å². The van der Waals surface area contributed by atoms with E-state index in [9.17, 15) is 9.59 Å². The number of rotatable bonds is 4. The molecular weight excluding hydrogens is 290 g/mol. The van der Waals surface area contributed by atoms with Crippen LogP contribution in [-0.4, -0.2) is 59.9 Å². The molecule has 2 aliphatic rings. The maximum Gasteiger partial charge on any atom is 0.228 e. The molecule has 0 spiro atoms. The van der Waals surface area contributed by atoms with Crippen LogP contribution in [0.3, 0.4) is 0 Å². The summed E-state index contributed by atoms with van der Waals surface area (Å²) in [4.78, 5) is 28.5. The van der Waals surface area contributed by atoms with Crippen LogP contribution in [0.15, 0.2) is 0 Å². The van der Waals surface area contributed by atoms with Crippen LogP contribution in [0.4, 0.5) is 0 Å². The first-order valence-corrected chi connectivity index (χ1v) is 7.84. The van der Waals surface area contributed by atoms with Gasteiger partial charge < -0.3 is 15.1 Å². The van der Waals surface area contributed by atoms with Gasteiger partial charge in [0, 0.05) is 44.7 Å². The van der Waals surface area contributed by atoms with Gasteiger partial charge in [0.05, 0.1) is 5.92 Å². The van der Waals surface area contributed by atoms with Gasteiger partial charge in [0.1, 0.15) is 0 Å². The third-order valence-electron chi connectivity index (χ3n) is 4.43. The minimum Gasteiger partial charge on any atom is -0.340 e. The lowest BCUT2D eigenvalue weighted by atomic mass is 10.1. The first-order valence-electron chi connectivity index (χ1n) is 7.84. The number of nitrogens with one attached hydrogen (secondary N) is 1. The molecule has 2 amide bonds. The molecule has 0 aliphatic carbocycles. The number of likely N-dealkylation sites (tertiary alicyclic amines) is 1. The average molecular weight is 318 g/mol. The topological polar surface area (TPSA) is 52.7 Å². The van der Waals surface area contributed by atoms with Crippen molar-refractivity contribution in [2.75, 3.05) is 26.2 Å². The zero-order valence-corrected chi connectivity index (χ0v) is 14.1. The quantitative estimate of drug-likeness (QED) is 0.849. The Morgan fingerprint density at radius 2 is 2.14 bits per heavy atom. The van der Waals surface area contributed by atoms with Crippen molar-refractivity contribution < 1.29 is 9.59 Å². The number of hydrogen-bond donors (Lipinski definition) is 1. The molecular formula is C15H28ClN3O2. The fraction of sp³-hybridized carbons (Fsp3) is 0.867. The van der Waals surface area contributed by atoms with Gasteiger partial charge in [-0.1, -0.05) is 13.3 Å². The van der Waals surface area contributed by atoms with E-state index in [1.54, 1.807) is 0 Å². The lowest BCUT2D eigenvalue weighted by molar-refractivity contribution is -0.136. The highest BCUT2D eigenvalue weighted by Crippen LogP contribution is 2.24. The van der Waals surface area contributed by atoms with Gasteiger partial charge in [-0.2, -0.15) is 0 Å². The number of carbonyl (C=O) groups excluding carboxylic acids is 2. The van der Waals surface area contributed by atoms with E-state index < -0.39 is 0 Å². The largest absolute Gasteiger partial charge is 0.340 e. The molecule has 0 aromatic rings. The molecule has 2 saturated heterocycles. The number of carbonyl (C=O) groups is 2. The van der Waals surface area contributed by atoms with Crippen LogP contribution in [-0.2, 0) is 9.59 Å². The number of nitrogens with zero attached hydrogens (tertiary/aromatic N) is 2. The van der Waals surface area contributed by atoms with E-state index in [0.717, 1.165) is 32.5 Å². The smallest absolute Gasteiger partial charge is 0.228 e. The Kier molecular flexibility index (Phi) is 6.94. The normalized spacial score (nSPS) is 27.5. The summed E-state index contributed by atoms with van der Waals surface area (Å²) in [6, 6.07) is 0.604. The summed E-state index contributed by atoms with van der Waals surface area (Å²) in [6.45, 7) is 9.28. The summed E-state index contributed by atoms with van der Waals surface area (Å²) < 4.78 is 0. The Morgan fingerprint density at radius 1 is 1.43 bits per heavy atom. The van der Waals surface area contributed by atoms with Crippen LogP contribution in [0.1, 0.15) is 40.0 Å². The van der Waals surface area contributed by atoms with E-state index in [-0.39, 0.29) is 36.2 Å². The van der Waals surface area contributed by atoms with Crippen LogP contribution >= 0.6 is 12.4 Å². The summed E-state index contributed by atoms with van der Waals surface area (Å²) in [7, 11) is 0. The van der Waals surface area contributed by atoms with Crippen molar-refractivity contribution in [1.82, 2.24) is 15.1 Å². The first-order chi connectivity index (χ1) is 9.52. The average Bonchev–Trinajstić information content (AvgIpc) is 2.80. The Bertz CT molecular complexity index is 378. The van der Waals surface area contributed by atoms with Gasteiger partial charge in [0.25, 0.3) is 0 Å². The molecule has 3 atom stereocenters. The second-order valence-corrected chi connectivity index (χ2v) is 6.22. The third-order valence-corrected chi connectivity index (χ3v) is 4.43. The van der Waals surface area contributed by atoms with Gasteiger partial charge in [0.15, 0.2) is 0 Å². The molecule has 2 rings (SSSR count). The molecule has 2 heterocycles. The Morgan fingerprint density at radius 3 is 2.76 bits per heavy atom. The standard InChI is InChI=1S/C15H27N3O2.ClH/c1-4-5-12(3)18-10-13(8-14(18)19)15(20)17-7-6-16-11(2)9-17;/h11-13,16H,4-10H2,1-3H3;1H. The second-order valence-electron chi connectivity index (χ2n) is 6.22. The van der Waals surface area contributed by atoms with E-state index in [0.29, 0.717) is 19.0 Å². The van der Waals surface area contributed by atoms with Crippen molar-refractivity contribution in [2.45, 2.75) is 52.1 Å². The van der Waals surface area contributed by atoms with Crippen LogP contribution in [0.5, 0.6) is 0 Å². The van der Waals surface area contributed by atoms with E-state index in [1.165, 1.54) is 0 Å². The Labute approximate surface area is 133 Å². The Balaban J connectivity index is 0.00000220. The highest BCUT2D eigenvalue weighted by Gasteiger charge is 2.38. The van der Waals surface area contributed by atoms with E-state index in [2.05, 4.69) is 26.1 Å². The van der Waals surface area contributed by atoms with Gasteiger partial charge in [-0.05, 0) is 20.3 Å². The van der Waals surface area contributed by atoms with E-state index >= 15 is 0 Å². The predicted octanol–water partition coefficient (Wildman–Crippen LogP) is 1.27. The van der Waals surface area contributed by atoms with Gasteiger partial charge >= 0.3 is 0 Å². The number of halogens is 1. The van der Waals surface area contributed by atoms with Crippen molar-refractivity contribution in [1.29, 1.82) is 0 Å². The first kappa shape index (κ1) is 18.2. The van der Waals surface area contributed by atoms with Crippen molar-refractivity contribution in [3.8, 4) is 0 Å². The molecule has 0 saturated carbocycles. The molecule has 0 bridgehead atoms. The molecule has 5 nitrogen and oxygen atoms in total. The molecule has 2 fully saturated rings.